The summed E-state index contributed by atoms with van der Waals surface area (Å²) in [7, 11) is -2.48. The van der Waals surface area contributed by atoms with E-state index in [4.69, 9.17) is 5.14 Å². The summed E-state index contributed by atoms with van der Waals surface area (Å²) in [5, 5.41) is 7.67. The first kappa shape index (κ1) is 13.4. The Morgan fingerprint density at radius 3 is 2.59 bits per heavy atom. The Morgan fingerprint density at radius 1 is 1.53 bits per heavy atom. The Morgan fingerprint density at radius 2 is 2.18 bits per heavy atom. The van der Waals surface area contributed by atoms with Crippen molar-refractivity contribution in [2.75, 3.05) is 12.4 Å². The van der Waals surface area contributed by atoms with Gasteiger partial charge in [0.1, 0.15) is 16.8 Å². The third-order valence-corrected chi connectivity index (χ3v) is 2.88. The lowest BCUT2D eigenvalue weighted by atomic mass is 10.3. The molecule has 1 atom stereocenters. The summed E-state index contributed by atoms with van der Waals surface area (Å²) < 4.78 is 26.4. The number of sulfonamides is 1. The van der Waals surface area contributed by atoms with E-state index < -0.39 is 22.0 Å². The van der Waals surface area contributed by atoms with Gasteiger partial charge in [-0.1, -0.05) is 0 Å². The van der Waals surface area contributed by atoms with Crippen molar-refractivity contribution in [3.05, 3.63) is 18.3 Å². The molecular formula is C9H13N3O4S. The summed E-state index contributed by atoms with van der Waals surface area (Å²) in [6.07, 6.45) is 1.11. The second kappa shape index (κ2) is 5.11. The number of pyridine rings is 1. The molecule has 17 heavy (non-hydrogen) atoms. The van der Waals surface area contributed by atoms with Crippen LogP contribution in [0.15, 0.2) is 23.2 Å². The topological polar surface area (TPSA) is 111 Å². The Hall–Kier alpha value is -1.67. The van der Waals surface area contributed by atoms with E-state index in [-0.39, 0.29) is 4.90 Å². The van der Waals surface area contributed by atoms with Crippen LogP contribution >= 0.6 is 0 Å². The van der Waals surface area contributed by atoms with Gasteiger partial charge in [0.05, 0.1) is 7.11 Å². The maximum absolute atomic E-state index is 11.1. The number of rotatable bonds is 4. The number of hydrogen-bond acceptors (Lipinski definition) is 6. The lowest BCUT2D eigenvalue weighted by Crippen LogP contribution is -2.27. The van der Waals surface area contributed by atoms with Crippen LogP contribution in [0.4, 0.5) is 5.82 Å². The molecule has 0 fully saturated rings. The molecule has 0 aliphatic heterocycles. The van der Waals surface area contributed by atoms with Crippen LogP contribution in [0.3, 0.4) is 0 Å². The number of carbonyl (C=O) groups excluding carboxylic acids is 1. The van der Waals surface area contributed by atoms with Gasteiger partial charge in [-0.15, -0.1) is 0 Å². The van der Waals surface area contributed by atoms with Crippen LogP contribution in [0.5, 0.6) is 0 Å². The smallest absolute Gasteiger partial charge is 0.328 e. The fourth-order valence-corrected chi connectivity index (χ4v) is 1.55. The predicted octanol–water partition coefficient (Wildman–Crippen LogP) is -0.298. The van der Waals surface area contributed by atoms with Gasteiger partial charge in [0.2, 0.25) is 10.0 Å². The lowest BCUT2D eigenvalue weighted by Gasteiger charge is -2.11. The molecule has 0 radical (unpaired) electrons. The number of anilines is 1. The maximum atomic E-state index is 11.1. The number of aromatic nitrogens is 1. The maximum Gasteiger partial charge on any atom is 0.328 e. The van der Waals surface area contributed by atoms with E-state index in [0.717, 1.165) is 6.20 Å². The molecule has 0 saturated carbocycles. The average molecular weight is 259 g/mol. The molecule has 3 N–H and O–H groups in total. The van der Waals surface area contributed by atoms with Crippen molar-refractivity contribution >= 4 is 21.8 Å². The molecule has 0 saturated heterocycles. The molecule has 1 unspecified atom stereocenters. The molecule has 7 nitrogen and oxygen atoms in total. The molecule has 0 bridgehead atoms. The molecule has 1 aromatic rings. The minimum absolute atomic E-state index is 0.0891. The van der Waals surface area contributed by atoms with E-state index in [1.807, 2.05) is 0 Å². The first-order valence-electron chi connectivity index (χ1n) is 4.68. The molecule has 1 rings (SSSR count). The van der Waals surface area contributed by atoms with Gasteiger partial charge in [0.25, 0.3) is 0 Å². The number of esters is 1. The van der Waals surface area contributed by atoms with Gasteiger partial charge in [-0.2, -0.15) is 0 Å². The van der Waals surface area contributed by atoms with Gasteiger partial charge >= 0.3 is 5.97 Å². The number of ether oxygens (including phenoxy) is 1. The molecule has 94 valence electrons. The summed E-state index contributed by atoms with van der Waals surface area (Å²) in [4.78, 5) is 14.8. The third-order valence-electron chi connectivity index (χ3n) is 1.98. The van der Waals surface area contributed by atoms with Gasteiger partial charge < -0.3 is 10.1 Å². The number of nitrogens with one attached hydrogen (secondary N) is 1. The second-order valence-electron chi connectivity index (χ2n) is 3.31. The molecule has 0 spiro atoms. The van der Waals surface area contributed by atoms with Crippen LogP contribution in [-0.4, -0.2) is 32.5 Å². The van der Waals surface area contributed by atoms with Crippen LogP contribution < -0.4 is 10.5 Å². The van der Waals surface area contributed by atoms with Crippen molar-refractivity contribution in [3.8, 4) is 0 Å². The highest BCUT2D eigenvalue weighted by Crippen LogP contribution is 2.10. The van der Waals surface area contributed by atoms with E-state index >= 15 is 0 Å². The second-order valence-corrected chi connectivity index (χ2v) is 4.87. The van der Waals surface area contributed by atoms with Gasteiger partial charge in [-0.25, -0.2) is 23.3 Å². The van der Waals surface area contributed by atoms with Crippen molar-refractivity contribution in [1.29, 1.82) is 0 Å². The zero-order valence-electron chi connectivity index (χ0n) is 9.38. The minimum atomic E-state index is -3.75. The highest BCUT2D eigenvalue weighted by atomic mass is 32.2. The molecule has 0 aliphatic carbocycles. The summed E-state index contributed by atoms with van der Waals surface area (Å²) in [5.41, 5.74) is 0. The molecule has 0 aromatic carbocycles. The monoisotopic (exact) mass is 259 g/mol. The predicted molar refractivity (Wildman–Crippen MR) is 60.7 cm³/mol. The number of primary sulfonamides is 1. The highest BCUT2D eigenvalue weighted by Gasteiger charge is 2.13. The molecule has 1 heterocycles. The lowest BCUT2D eigenvalue weighted by molar-refractivity contribution is -0.141. The third kappa shape index (κ3) is 3.68. The normalized spacial score (nSPS) is 12.9. The zero-order valence-corrected chi connectivity index (χ0v) is 10.2. The summed E-state index contributed by atoms with van der Waals surface area (Å²) in [6, 6.07) is 2.14. The van der Waals surface area contributed by atoms with Crippen LogP contribution in [0.25, 0.3) is 0 Å². The van der Waals surface area contributed by atoms with Gasteiger partial charge in [0.15, 0.2) is 0 Å². The molecular weight excluding hydrogens is 246 g/mol. The standard InChI is InChI=1S/C9H13N3O4S/c1-6(9(13)16-2)12-8-4-3-7(5-11-8)17(10,14)15/h3-6H,1-2H3,(H,11,12)(H2,10,14,15). The average Bonchev–Trinajstić information content (AvgIpc) is 2.27. The van der Waals surface area contributed by atoms with E-state index in [9.17, 15) is 13.2 Å². The fraction of sp³-hybridized carbons (Fsp3) is 0.333. The van der Waals surface area contributed by atoms with Gasteiger partial charge in [-0.3, -0.25) is 0 Å². The first-order valence-corrected chi connectivity index (χ1v) is 6.22. The Kier molecular flexibility index (Phi) is 4.02. The van der Waals surface area contributed by atoms with Crippen LogP contribution in [0.1, 0.15) is 6.92 Å². The number of carbonyl (C=O) groups is 1. The molecule has 0 amide bonds. The summed E-state index contributed by atoms with van der Waals surface area (Å²) in [6.45, 7) is 1.60. The highest BCUT2D eigenvalue weighted by molar-refractivity contribution is 7.89. The van der Waals surface area contributed by atoms with Crippen LogP contribution in [-0.2, 0) is 19.6 Å². The summed E-state index contributed by atoms with van der Waals surface area (Å²) >= 11 is 0. The zero-order chi connectivity index (χ0) is 13.1. The van der Waals surface area contributed by atoms with Crippen molar-refractivity contribution in [3.63, 3.8) is 0 Å². The van der Waals surface area contributed by atoms with Gasteiger partial charge in [0, 0.05) is 6.20 Å². The summed E-state index contributed by atoms with van der Waals surface area (Å²) in [5.74, 6) is -0.0855. The largest absolute Gasteiger partial charge is 0.467 e. The Balaban J connectivity index is 2.79. The van der Waals surface area contributed by atoms with Crippen molar-refractivity contribution < 1.29 is 17.9 Å². The van der Waals surface area contributed by atoms with Crippen LogP contribution in [0, 0.1) is 0 Å². The number of methoxy groups -OCH3 is 1. The quantitative estimate of drug-likeness (QED) is 0.718. The van der Waals surface area contributed by atoms with Gasteiger partial charge in [-0.05, 0) is 19.1 Å². The Bertz CT molecular complexity index is 497. The first-order chi connectivity index (χ1) is 7.84. The van der Waals surface area contributed by atoms with Crippen molar-refractivity contribution in [1.82, 2.24) is 4.98 Å². The van der Waals surface area contributed by atoms with E-state index in [0.29, 0.717) is 5.82 Å². The number of nitrogens with zero attached hydrogens (tertiary/aromatic N) is 1. The van der Waals surface area contributed by atoms with E-state index in [1.165, 1.54) is 19.2 Å². The molecule has 8 heteroatoms. The molecule has 1 aromatic heterocycles. The Labute approximate surface area is 99.0 Å². The van der Waals surface area contributed by atoms with E-state index in [2.05, 4.69) is 15.0 Å². The fourth-order valence-electron chi connectivity index (χ4n) is 1.09. The van der Waals surface area contributed by atoms with Crippen molar-refractivity contribution in [2.24, 2.45) is 5.14 Å². The number of hydrogen-bond donors (Lipinski definition) is 2. The molecule has 0 aliphatic rings. The van der Waals surface area contributed by atoms with Crippen molar-refractivity contribution in [2.45, 2.75) is 17.9 Å². The van der Waals surface area contributed by atoms with E-state index in [1.54, 1.807) is 6.92 Å². The minimum Gasteiger partial charge on any atom is -0.467 e. The van der Waals surface area contributed by atoms with Crippen LogP contribution in [0.2, 0.25) is 0 Å². The number of nitrogens with two attached hydrogens (primary N) is 1. The SMILES string of the molecule is COC(=O)C(C)Nc1ccc(S(N)(=O)=O)cn1.